The number of benzene rings is 1. The molecule has 0 unspecified atom stereocenters. The standard InChI is InChI=1S/C14H16O6/c1-14(2,3)20-12(16)8-19-11-5-9(7-15)4-10(6-11)13(17)18/h4-7H,8H2,1-3H3,(H,17,18). The molecule has 0 radical (unpaired) electrons. The molecule has 0 heterocycles. The summed E-state index contributed by atoms with van der Waals surface area (Å²) < 4.78 is 10.2. The van der Waals surface area contributed by atoms with Crippen LogP contribution in [0.2, 0.25) is 0 Å². The molecule has 0 saturated carbocycles. The molecule has 6 heteroatoms. The van der Waals surface area contributed by atoms with Crippen molar-refractivity contribution in [2.45, 2.75) is 26.4 Å². The molecule has 1 aromatic carbocycles. The zero-order chi connectivity index (χ0) is 15.3. The van der Waals surface area contributed by atoms with Crippen molar-refractivity contribution in [3.05, 3.63) is 29.3 Å². The maximum absolute atomic E-state index is 11.5. The summed E-state index contributed by atoms with van der Waals surface area (Å²) in [4.78, 5) is 33.1. The lowest BCUT2D eigenvalue weighted by atomic mass is 10.1. The number of carbonyl (C=O) groups is 3. The van der Waals surface area contributed by atoms with E-state index in [1.807, 2.05) is 0 Å². The van der Waals surface area contributed by atoms with Gasteiger partial charge in [0.15, 0.2) is 6.61 Å². The van der Waals surface area contributed by atoms with Crippen LogP contribution in [-0.4, -0.2) is 35.5 Å². The first-order valence-electron chi connectivity index (χ1n) is 5.89. The Morgan fingerprint density at radius 2 is 1.90 bits per heavy atom. The predicted molar refractivity (Wildman–Crippen MR) is 70.1 cm³/mol. The van der Waals surface area contributed by atoms with E-state index in [1.54, 1.807) is 20.8 Å². The molecule has 0 aliphatic heterocycles. The van der Waals surface area contributed by atoms with Crippen molar-refractivity contribution in [2.24, 2.45) is 0 Å². The summed E-state index contributed by atoms with van der Waals surface area (Å²) >= 11 is 0. The van der Waals surface area contributed by atoms with Gasteiger partial charge in [-0.1, -0.05) is 0 Å². The van der Waals surface area contributed by atoms with Gasteiger partial charge in [-0.05, 0) is 39.0 Å². The molecule has 0 bridgehead atoms. The van der Waals surface area contributed by atoms with Crippen LogP contribution in [0.25, 0.3) is 0 Å². The smallest absolute Gasteiger partial charge is 0.344 e. The van der Waals surface area contributed by atoms with E-state index in [0.29, 0.717) is 6.29 Å². The average molecular weight is 280 g/mol. The van der Waals surface area contributed by atoms with E-state index >= 15 is 0 Å². The Kier molecular flexibility index (Phi) is 4.85. The highest BCUT2D eigenvalue weighted by Crippen LogP contribution is 2.17. The second-order valence-electron chi connectivity index (χ2n) is 5.09. The molecule has 108 valence electrons. The van der Waals surface area contributed by atoms with Gasteiger partial charge in [0.25, 0.3) is 0 Å². The zero-order valence-corrected chi connectivity index (χ0v) is 11.5. The van der Waals surface area contributed by atoms with Crippen molar-refractivity contribution in [2.75, 3.05) is 6.61 Å². The molecule has 0 fully saturated rings. The van der Waals surface area contributed by atoms with Crippen LogP contribution in [0.5, 0.6) is 5.75 Å². The second-order valence-corrected chi connectivity index (χ2v) is 5.09. The van der Waals surface area contributed by atoms with Gasteiger partial charge in [0, 0.05) is 5.56 Å². The first-order chi connectivity index (χ1) is 9.21. The first-order valence-corrected chi connectivity index (χ1v) is 5.89. The fourth-order valence-corrected chi connectivity index (χ4v) is 1.41. The number of aromatic carboxylic acids is 1. The number of carbonyl (C=O) groups excluding carboxylic acids is 2. The molecule has 6 nitrogen and oxygen atoms in total. The van der Waals surface area contributed by atoms with E-state index in [4.69, 9.17) is 14.6 Å². The summed E-state index contributed by atoms with van der Waals surface area (Å²) in [5.74, 6) is -1.64. The lowest BCUT2D eigenvalue weighted by Gasteiger charge is -2.19. The third kappa shape index (κ3) is 5.09. The Hall–Kier alpha value is -2.37. The van der Waals surface area contributed by atoms with Gasteiger partial charge in [-0.25, -0.2) is 9.59 Å². The summed E-state index contributed by atoms with van der Waals surface area (Å²) in [7, 11) is 0. The Balaban J connectivity index is 2.77. The van der Waals surface area contributed by atoms with E-state index in [9.17, 15) is 14.4 Å². The SMILES string of the molecule is CC(C)(C)OC(=O)COc1cc(C=O)cc(C(=O)O)c1. The van der Waals surface area contributed by atoms with Gasteiger partial charge >= 0.3 is 11.9 Å². The molecule has 0 spiro atoms. The summed E-state index contributed by atoms with van der Waals surface area (Å²) in [6, 6.07) is 3.80. The molecule has 1 rings (SSSR count). The number of hydrogen-bond acceptors (Lipinski definition) is 5. The van der Waals surface area contributed by atoms with Crippen molar-refractivity contribution in [3.8, 4) is 5.75 Å². The van der Waals surface area contributed by atoms with Gasteiger partial charge in [0.2, 0.25) is 0 Å². The van der Waals surface area contributed by atoms with Gasteiger partial charge in [-0.3, -0.25) is 4.79 Å². The number of carboxylic acid groups (broad SMARTS) is 1. The Labute approximate surface area is 116 Å². The number of carboxylic acids is 1. The molecule has 0 aliphatic rings. The Bertz CT molecular complexity index is 527. The van der Waals surface area contributed by atoms with Gasteiger partial charge in [0.1, 0.15) is 17.6 Å². The molecule has 0 aliphatic carbocycles. The minimum Gasteiger partial charge on any atom is -0.482 e. The van der Waals surface area contributed by atoms with E-state index < -0.39 is 17.5 Å². The quantitative estimate of drug-likeness (QED) is 0.654. The van der Waals surface area contributed by atoms with Gasteiger partial charge in [-0.2, -0.15) is 0 Å². The van der Waals surface area contributed by atoms with Crippen LogP contribution in [0.1, 0.15) is 41.5 Å². The van der Waals surface area contributed by atoms with Crippen molar-refractivity contribution in [1.82, 2.24) is 0 Å². The van der Waals surface area contributed by atoms with E-state index in [-0.39, 0.29) is 23.5 Å². The highest BCUT2D eigenvalue weighted by Gasteiger charge is 2.17. The molecule has 1 N–H and O–H groups in total. The normalized spacial score (nSPS) is 10.8. The summed E-state index contributed by atoms with van der Waals surface area (Å²) in [6.07, 6.45) is 0.507. The highest BCUT2D eigenvalue weighted by molar-refractivity contribution is 5.91. The third-order valence-electron chi connectivity index (χ3n) is 2.09. The van der Waals surface area contributed by atoms with Gasteiger partial charge < -0.3 is 14.6 Å². The van der Waals surface area contributed by atoms with Crippen LogP contribution in [0.15, 0.2) is 18.2 Å². The van der Waals surface area contributed by atoms with Crippen molar-refractivity contribution < 1.29 is 29.0 Å². The Morgan fingerprint density at radius 1 is 1.25 bits per heavy atom. The van der Waals surface area contributed by atoms with Crippen LogP contribution in [0.3, 0.4) is 0 Å². The van der Waals surface area contributed by atoms with Crippen molar-refractivity contribution in [3.63, 3.8) is 0 Å². The number of hydrogen-bond donors (Lipinski definition) is 1. The molecule has 0 amide bonds. The molecule has 0 atom stereocenters. The van der Waals surface area contributed by atoms with E-state index in [2.05, 4.69) is 0 Å². The van der Waals surface area contributed by atoms with Crippen LogP contribution in [0.4, 0.5) is 0 Å². The molecular formula is C14H16O6. The molecule has 20 heavy (non-hydrogen) atoms. The topological polar surface area (TPSA) is 89.9 Å². The second kappa shape index (κ2) is 6.18. The molecule has 0 saturated heterocycles. The minimum atomic E-state index is -1.18. The third-order valence-corrected chi connectivity index (χ3v) is 2.09. The number of aldehydes is 1. The molecule has 0 aromatic heterocycles. The van der Waals surface area contributed by atoms with Crippen LogP contribution < -0.4 is 4.74 Å². The highest BCUT2D eigenvalue weighted by atomic mass is 16.6. The average Bonchev–Trinajstić information content (AvgIpc) is 2.33. The zero-order valence-electron chi connectivity index (χ0n) is 11.5. The van der Waals surface area contributed by atoms with Crippen molar-refractivity contribution >= 4 is 18.2 Å². The number of ether oxygens (including phenoxy) is 2. The first kappa shape index (κ1) is 15.7. The van der Waals surface area contributed by atoms with Crippen LogP contribution in [0, 0.1) is 0 Å². The van der Waals surface area contributed by atoms with E-state index in [1.165, 1.54) is 18.2 Å². The van der Waals surface area contributed by atoms with E-state index in [0.717, 1.165) is 0 Å². The van der Waals surface area contributed by atoms with Crippen molar-refractivity contribution in [1.29, 1.82) is 0 Å². The largest absolute Gasteiger partial charge is 0.482 e. The molecule has 1 aromatic rings. The lowest BCUT2D eigenvalue weighted by molar-refractivity contribution is -0.157. The van der Waals surface area contributed by atoms with Gasteiger partial charge in [-0.15, -0.1) is 0 Å². The fraction of sp³-hybridized carbons (Fsp3) is 0.357. The summed E-state index contributed by atoms with van der Waals surface area (Å²) in [5.41, 5.74) is -0.560. The van der Waals surface area contributed by atoms with Crippen LogP contribution >= 0.6 is 0 Å². The summed E-state index contributed by atoms with van der Waals surface area (Å²) in [5, 5.41) is 8.90. The maximum atomic E-state index is 11.5. The number of esters is 1. The predicted octanol–water partition coefficient (Wildman–Crippen LogP) is 1.92. The summed E-state index contributed by atoms with van der Waals surface area (Å²) in [6.45, 7) is 4.81. The maximum Gasteiger partial charge on any atom is 0.344 e. The molecular weight excluding hydrogens is 264 g/mol. The van der Waals surface area contributed by atoms with Crippen LogP contribution in [-0.2, 0) is 9.53 Å². The lowest BCUT2D eigenvalue weighted by Crippen LogP contribution is -2.27. The Morgan fingerprint density at radius 3 is 2.40 bits per heavy atom. The fourth-order valence-electron chi connectivity index (χ4n) is 1.41. The van der Waals surface area contributed by atoms with Gasteiger partial charge in [0.05, 0.1) is 5.56 Å². The monoisotopic (exact) mass is 280 g/mol. The minimum absolute atomic E-state index is 0.0891. The number of rotatable bonds is 5.